The van der Waals surface area contributed by atoms with Gasteiger partial charge in [0.2, 0.25) is 0 Å². The molecular formula is C20H21F3N6O. The molecule has 3 aromatic rings. The molecule has 1 saturated heterocycles. The van der Waals surface area contributed by atoms with Crippen LogP contribution in [-0.2, 0) is 4.74 Å². The van der Waals surface area contributed by atoms with Gasteiger partial charge in [0.25, 0.3) is 0 Å². The lowest BCUT2D eigenvalue weighted by atomic mass is 10.1. The van der Waals surface area contributed by atoms with Crippen LogP contribution >= 0.6 is 0 Å². The molecule has 0 amide bonds. The first kappa shape index (κ1) is 20.3. The number of halogens is 3. The van der Waals surface area contributed by atoms with Crippen LogP contribution in [0, 0.1) is 0 Å². The van der Waals surface area contributed by atoms with Crippen LogP contribution in [0.25, 0.3) is 11.0 Å². The molecule has 1 fully saturated rings. The van der Waals surface area contributed by atoms with Crippen LogP contribution < -0.4 is 10.2 Å². The Morgan fingerprint density at radius 3 is 2.67 bits per heavy atom. The fourth-order valence-electron chi connectivity index (χ4n) is 3.10. The Balaban J connectivity index is 1.45. The Labute approximate surface area is 171 Å². The van der Waals surface area contributed by atoms with Gasteiger partial charge >= 0.3 is 6.18 Å². The molecule has 0 aliphatic carbocycles. The van der Waals surface area contributed by atoms with Crippen molar-refractivity contribution in [1.82, 2.24) is 20.2 Å². The average Bonchev–Trinajstić information content (AvgIpc) is 2.66. The van der Waals surface area contributed by atoms with Crippen molar-refractivity contribution in [3.63, 3.8) is 0 Å². The molecule has 7 nitrogen and oxygen atoms in total. The first-order chi connectivity index (χ1) is 14.3. The van der Waals surface area contributed by atoms with Crippen LogP contribution in [0.4, 0.5) is 30.5 Å². The maximum absolute atomic E-state index is 12.3. The van der Waals surface area contributed by atoms with Crippen LogP contribution in [0.5, 0.6) is 0 Å². The van der Waals surface area contributed by atoms with Gasteiger partial charge in [-0.2, -0.15) is 18.3 Å². The van der Waals surface area contributed by atoms with Crippen molar-refractivity contribution in [2.24, 2.45) is 0 Å². The zero-order valence-electron chi connectivity index (χ0n) is 16.5. The summed E-state index contributed by atoms with van der Waals surface area (Å²) in [4.78, 5) is 10.9. The van der Waals surface area contributed by atoms with E-state index >= 15 is 0 Å². The fourth-order valence-corrected chi connectivity index (χ4v) is 3.10. The fraction of sp³-hybridized carbons (Fsp3) is 0.400. The molecule has 1 aliphatic rings. The SMILES string of the molecule is CC(C)c1cnnc(Nc2ccc3ncc(N4CC(OCC(F)(F)F)C4)cc3n2)c1. The van der Waals surface area contributed by atoms with Crippen LogP contribution in [-0.4, -0.2) is 52.1 Å². The molecule has 1 aliphatic heterocycles. The highest BCUT2D eigenvalue weighted by Crippen LogP contribution is 2.27. The largest absolute Gasteiger partial charge is 0.411 e. The highest BCUT2D eigenvalue weighted by atomic mass is 19.4. The number of aromatic nitrogens is 4. The van der Waals surface area contributed by atoms with Gasteiger partial charge < -0.3 is 15.0 Å². The van der Waals surface area contributed by atoms with Crippen LogP contribution in [0.2, 0.25) is 0 Å². The van der Waals surface area contributed by atoms with E-state index in [0.717, 1.165) is 16.8 Å². The van der Waals surface area contributed by atoms with Gasteiger partial charge in [0.05, 0.1) is 35.2 Å². The summed E-state index contributed by atoms with van der Waals surface area (Å²) in [5, 5.41) is 11.3. The van der Waals surface area contributed by atoms with E-state index in [0.29, 0.717) is 36.2 Å². The molecule has 0 bridgehead atoms. The van der Waals surface area contributed by atoms with Gasteiger partial charge in [0.1, 0.15) is 12.4 Å². The lowest BCUT2D eigenvalue weighted by Crippen LogP contribution is -2.53. The summed E-state index contributed by atoms with van der Waals surface area (Å²) in [5.74, 6) is 1.54. The van der Waals surface area contributed by atoms with Crippen molar-refractivity contribution in [2.75, 3.05) is 29.9 Å². The van der Waals surface area contributed by atoms with Crippen molar-refractivity contribution >= 4 is 28.4 Å². The zero-order chi connectivity index (χ0) is 21.3. The van der Waals surface area contributed by atoms with Crippen molar-refractivity contribution in [2.45, 2.75) is 32.0 Å². The second-order valence-corrected chi connectivity index (χ2v) is 7.54. The van der Waals surface area contributed by atoms with E-state index < -0.39 is 18.9 Å². The number of fused-ring (bicyclic) bond motifs is 1. The minimum absolute atomic E-state index is 0.331. The maximum atomic E-state index is 12.3. The highest BCUT2D eigenvalue weighted by molar-refractivity contribution is 5.80. The van der Waals surface area contributed by atoms with Crippen LogP contribution in [0.15, 0.2) is 36.7 Å². The van der Waals surface area contributed by atoms with Crippen molar-refractivity contribution in [3.05, 3.63) is 42.2 Å². The number of hydrogen-bond donors (Lipinski definition) is 1. The minimum Gasteiger partial charge on any atom is -0.365 e. The number of nitrogens with zero attached hydrogens (tertiary/aromatic N) is 5. The second-order valence-electron chi connectivity index (χ2n) is 7.54. The Morgan fingerprint density at radius 2 is 1.93 bits per heavy atom. The molecule has 4 heterocycles. The number of pyridine rings is 2. The summed E-state index contributed by atoms with van der Waals surface area (Å²) >= 11 is 0. The average molecular weight is 418 g/mol. The number of alkyl halides is 3. The van der Waals surface area contributed by atoms with Gasteiger partial charge in [-0.1, -0.05) is 13.8 Å². The molecule has 0 unspecified atom stereocenters. The molecule has 0 atom stereocenters. The quantitative estimate of drug-likeness (QED) is 0.647. The van der Waals surface area contributed by atoms with E-state index in [9.17, 15) is 13.2 Å². The highest BCUT2D eigenvalue weighted by Gasteiger charge is 2.34. The van der Waals surface area contributed by atoms with E-state index in [-0.39, 0.29) is 0 Å². The van der Waals surface area contributed by atoms with E-state index in [1.165, 1.54) is 0 Å². The topological polar surface area (TPSA) is 76.1 Å². The summed E-state index contributed by atoms with van der Waals surface area (Å²) in [7, 11) is 0. The molecule has 4 rings (SSSR count). The third-order valence-electron chi connectivity index (χ3n) is 4.82. The Hall–Kier alpha value is -3.01. The van der Waals surface area contributed by atoms with Gasteiger partial charge in [0, 0.05) is 13.1 Å². The van der Waals surface area contributed by atoms with E-state index in [4.69, 9.17) is 4.74 Å². The summed E-state index contributed by atoms with van der Waals surface area (Å²) < 4.78 is 41.6. The number of anilines is 3. The lowest BCUT2D eigenvalue weighted by molar-refractivity contribution is -0.187. The molecular weight excluding hydrogens is 397 g/mol. The van der Waals surface area contributed by atoms with Crippen molar-refractivity contribution in [3.8, 4) is 0 Å². The van der Waals surface area contributed by atoms with E-state index in [1.807, 2.05) is 29.2 Å². The number of hydrogen-bond acceptors (Lipinski definition) is 7. The van der Waals surface area contributed by atoms with Gasteiger partial charge in [-0.15, -0.1) is 5.10 Å². The van der Waals surface area contributed by atoms with Gasteiger partial charge in [-0.05, 0) is 35.7 Å². The Morgan fingerprint density at radius 1 is 1.13 bits per heavy atom. The Bertz CT molecular complexity index is 1040. The minimum atomic E-state index is -4.31. The standard InChI is InChI=1S/C20H21F3N6O/c1-12(2)13-5-19(28-25-7-13)27-18-4-3-16-17(26-18)6-14(8-24-16)29-9-15(10-29)30-11-20(21,22)23/h3-8,12,15H,9-11H2,1-2H3,(H,26,27,28). The summed E-state index contributed by atoms with van der Waals surface area (Å²) in [6, 6.07) is 7.45. The van der Waals surface area contributed by atoms with Crippen molar-refractivity contribution in [1.29, 1.82) is 0 Å². The molecule has 0 aromatic carbocycles. The van der Waals surface area contributed by atoms with Crippen LogP contribution in [0.3, 0.4) is 0 Å². The normalized spacial score (nSPS) is 14.9. The second kappa shape index (κ2) is 8.02. The van der Waals surface area contributed by atoms with E-state index in [1.54, 1.807) is 12.4 Å². The molecule has 30 heavy (non-hydrogen) atoms. The van der Waals surface area contributed by atoms with Gasteiger partial charge in [-0.25, -0.2) is 4.98 Å². The predicted octanol–water partition coefficient (Wildman–Crippen LogP) is 4.05. The van der Waals surface area contributed by atoms with Crippen LogP contribution in [0.1, 0.15) is 25.3 Å². The predicted molar refractivity (Wildman–Crippen MR) is 107 cm³/mol. The third-order valence-corrected chi connectivity index (χ3v) is 4.82. The smallest absolute Gasteiger partial charge is 0.365 e. The molecule has 0 radical (unpaired) electrons. The maximum Gasteiger partial charge on any atom is 0.411 e. The first-order valence-corrected chi connectivity index (χ1v) is 9.56. The number of nitrogens with one attached hydrogen (secondary N) is 1. The third kappa shape index (κ3) is 4.76. The zero-order valence-corrected chi connectivity index (χ0v) is 16.5. The molecule has 3 aromatic heterocycles. The summed E-state index contributed by atoms with van der Waals surface area (Å²) in [6.07, 6.45) is -1.32. The van der Waals surface area contributed by atoms with Crippen molar-refractivity contribution < 1.29 is 17.9 Å². The van der Waals surface area contributed by atoms with Gasteiger partial charge in [0.15, 0.2) is 5.82 Å². The number of ether oxygens (including phenoxy) is 1. The Kier molecular flexibility index (Phi) is 5.42. The monoisotopic (exact) mass is 418 g/mol. The summed E-state index contributed by atoms with van der Waals surface area (Å²) in [5.41, 5.74) is 3.25. The molecule has 0 saturated carbocycles. The molecule has 0 spiro atoms. The molecule has 158 valence electrons. The number of rotatable bonds is 6. The summed E-state index contributed by atoms with van der Waals surface area (Å²) in [6.45, 7) is 3.71. The lowest BCUT2D eigenvalue weighted by Gasteiger charge is -2.40. The van der Waals surface area contributed by atoms with Gasteiger partial charge in [-0.3, -0.25) is 4.98 Å². The molecule has 10 heteroatoms. The van der Waals surface area contributed by atoms with E-state index in [2.05, 4.69) is 39.3 Å². The molecule has 1 N–H and O–H groups in total. The first-order valence-electron chi connectivity index (χ1n) is 9.56.